The molecule has 0 aliphatic heterocycles. The highest BCUT2D eigenvalue weighted by molar-refractivity contribution is 7.99. The molecule has 1 aliphatic carbocycles. The number of hydrogen-bond acceptors (Lipinski definition) is 4. The third kappa shape index (κ3) is 2.07. The summed E-state index contributed by atoms with van der Waals surface area (Å²) in [5.74, 6) is 0.537. The molecule has 0 amide bonds. The lowest BCUT2D eigenvalue weighted by molar-refractivity contribution is 0.482. The molecule has 3 unspecified atom stereocenters. The van der Waals surface area contributed by atoms with Crippen LogP contribution in [0.3, 0.4) is 0 Å². The van der Waals surface area contributed by atoms with Crippen LogP contribution < -0.4 is 5.73 Å². The van der Waals surface area contributed by atoms with E-state index in [1.165, 1.54) is 0 Å². The van der Waals surface area contributed by atoms with Gasteiger partial charge in [0.1, 0.15) is 5.52 Å². The molecule has 1 aromatic heterocycles. The van der Waals surface area contributed by atoms with E-state index in [0.717, 1.165) is 29.2 Å². The van der Waals surface area contributed by atoms with Crippen LogP contribution in [-0.2, 0) is 0 Å². The molecule has 0 saturated heterocycles. The maximum atomic E-state index is 6.03. The van der Waals surface area contributed by atoms with E-state index in [0.29, 0.717) is 17.2 Å². The van der Waals surface area contributed by atoms with Gasteiger partial charge in [-0.3, -0.25) is 0 Å². The third-order valence-electron chi connectivity index (χ3n) is 3.57. The Bertz CT molecular complexity index is 492. The second-order valence-corrected chi connectivity index (χ2v) is 5.89. The number of hydrogen-bond donors (Lipinski definition) is 1. The normalized spacial score (nSPS) is 28.9. The van der Waals surface area contributed by atoms with Gasteiger partial charge >= 0.3 is 0 Å². The smallest absolute Gasteiger partial charge is 0.257 e. The Labute approximate surface area is 105 Å². The van der Waals surface area contributed by atoms with Crippen LogP contribution in [0.15, 0.2) is 33.9 Å². The first kappa shape index (κ1) is 11.1. The molecular formula is C13H16N2OS. The van der Waals surface area contributed by atoms with E-state index >= 15 is 0 Å². The number of fused-ring (bicyclic) bond motifs is 1. The minimum atomic E-state index is 0.330. The molecule has 4 heteroatoms. The van der Waals surface area contributed by atoms with E-state index in [2.05, 4.69) is 11.9 Å². The number of para-hydroxylation sites is 2. The van der Waals surface area contributed by atoms with E-state index in [1.54, 1.807) is 11.8 Å². The van der Waals surface area contributed by atoms with Gasteiger partial charge in [0, 0.05) is 11.3 Å². The number of nitrogens with two attached hydrogens (primary N) is 1. The summed E-state index contributed by atoms with van der Waals surface area (Å²) < 4.78 is 5.72. The summed E-state index contributed by atoms with van der Waals surface area (Å²) in [6.07, 6.45) is 2.27. The molecule has 90 valence electrons. The van der Waals surface area contributed by atoms with Crippen LogP contribution in [-0.4, -0.2) is 16.3 Å². The third-order valence-corrected chi connectivity index (χ3v) is 4.92. The molecule has 17 heavy (non-hydrogen) atoms. The zero-order valence-corrected chi connectivity index (χ0v) is 10.6. The van der Waals surface area contributed by atoms with Gasteiger partial charge in [-0.15, -0.1) is 0 Å². The molecule has 0 radical (unpaired) electrons. The van der Waals surface area contributed by atoms with Crippen molar-refractivity contribution in [1.29, 1.82) is 0 Å². The van der Waals surface area contributed by atoms with Crippen molar-refractivity contribution in [3.63, 3.8) is 0 Å². The predicted octanol–water partition coefficient (Wildman–Crippen LogP) is 3.05. The molecule has 1 heterocycles. The van der Waals surface area contributed by atoms with Gasteiger partial charge in [0.15, 0.2) is 5.58 Å². The van der Waals surface area contributed by atoms with Gasteiger partial charge in [0.2, 0.25) is 0 Å². The summed E-state index contributed by atoms with van der Waals surface area (Å²) in [7, 11) is 0. The van der Waals surface area contributed by atoms with Crippen LogP contribution in [0.1, 0.15) is 19.8 Å². The van der Waals surface area contributed by atoms with Crippen molar-refractivity contribution in [2.24, 2.45) is 11.7 Å². The number of thioether (sulfide) groups is 1. The number of nitrogens with zero attached hydrogens (tertiary/aromatic N) is 1. The fraction of sp³-hybridized carbons (Fsp3) is 0.462. The summed E-state index contributed by atoms with van der Waals surface area (Å²) in [6.45, 7) is 2.22. The van der Waals surface area contributed by atoms with Gasteiger partial charge in [-0.05, 0) is 30.9 Å². The molecule has 1 saturated carbocycles. The Hall–Kier alpha value is -1.00. The summed E-state index contributed by atoms with van der Waals surface area (Å²) >= 11 is 1.73. The Kier molecular flexibility index (Phi) is 2.84. The van der Waals surface area contributed by atoms with Crippen molar-refractivity contribution >= 4 is 22.9 Å². The summed E-state index contributed by atoms with van der Waals surface area (Å²) in [5.41, 5.74) is 7.83. The maximum absolute atomic E-state index is 6.03. The molecule has 0 spiro atoms. The van der Waals surface area contributed by atoms with Gasteiger partial charge in [0.05, 0.1) is 0 Å². The molecule has 3 rings (SSSR count). The number of aromatic nitrogens is 1. The van der Waals surface area contributed by atoms with E-state index in [-0.39, 0.29) is 0 Å². The molecule has 1 aliphatic rings. The number of benzene rings is 1. The molecule has 3 atom stereocenters. The van der Waals surface area contributed by atoms with Crippen LogP contribution in [0.25, 0.3) is 11.1 Å². The zero-order valence-electron chi connectivity index (χ0n) is 9.80. The van der Waals surface area contributed by atoms with Gasteiger partial charge < -0.3 is 10.2 Å². The molecular weight excluding hydrogens is 232 g/mol. The van der Waals surface area contributed by atoms with E-state index in [1.807, 2.05) is 24.3 Å². The number of oxazole rings is 1. The quantitative estimate of drug-likeness (QED) is 0.887. The molecule has 1 fully saturated rings. The lowest BCUT2D eigenvalue weighted by Crippen LogP contribution is -2.25. The lowest BCUT2D eigenvalue weighted by Gasteiger charge is -2.15. The summed E-state index contributed by atoms with van der Waals surface area (Å²) in [6, 6.07) is 8.21. The molecule has 2 N–H and O–H groups in total. The molecule has 1 aromatic carbocycles. The predicted molar refractivity (Wildman–Crippen MR) is 70.0 cm³/mol. The Morgan fingerprint density at radius 2 is 2.18 bits per heavy atom. The molecule has 2 aromatic rings. The second kappa shape index (κ2) is 4.35. The van der Waals surface area contributed by atoms with Crippen LogP contribution in [0.4, 0.5) is 0 Å². The van der Waals surface area contributed by atoms with Crippen molar-refractivity contribution in [2.45, 2.75) is 36.3 Å². The first-order valence-corrected chi connectivity index (χ1v) is 6.90. The summed E-state index contributed by atoms with van der Waals surface area (Å²) in [4.78, 5) is 4.49. The van der Waals surface area contributed by atoms with Crippen molar-refractivity contribution in [3.8, 4) is 0 Å². The van der Waals surface area contributed by atoms with E-state index < -0.39 is 0 Å². The fourth-order valence-electron chi connectivity index (χ4n) is 2.36. The van der Waals surface area contributed by atoms with Gasteiger partial charge in [-0.25, -0.2) is 4.98 Å². The lowest BCUT2D eigenvalue weighted by atomic mass is 10.1. The average Bonchev–Trinajstić information content (AvgIpc) is 2.87. The van der Waals surface area contributed by atoms with Gasteiger partial charge in [-0.1, -0.05) is 30.8 Å². The monoisotopic (exact) mass is 248 g/mol. The van der Waals surface area contributed by atoms with Crippen molar-refractivity contribution in [1.82, 2.24) is 4.98 Å². The average molecular weight is 248 g/mol. The largest absolute Gasteiger partial charge is 0.431 e. The highest BCUT2D eigenvalue weighted by Gasteiger charge is 2.32. The molecule has 3 nitrogen and oxygen atoms in total. The topological polar surface area (TPSA) is 52.0 Å². The first-order chi connectivity index (χ1) is 8.24. The SMILES string of the molecule is CC1C(N)CCC1Sc1nc2ccccc2o1. The Morgan fingerprint density at radius 1 is 1.35 bits per heavy atom. The van der Waals surface area contributed by atoms with E-state index in [4.69, 9.17) is 10.2 Å². The Balaban J connectivity index is 1.81. The fourth-order valence-corrected chi connectivity index (χ4v) is 3.57. The number of rotatable bonds is 2. The van der Waals surface area contributed by atoms with Crippen molar-refractivity contribution < 1.29 is 4.42 Å². The highest BCUT2D eigenvalue weighted by Crippen LogP contribution is 2.38. The van der Waals surface area contributed by atoms with Crippen molar-refractivity contribution in [2.75, 3.05) is 0 Å². The minimum Gasteiger partial charge on any atom is -0.431 e. The van der Waals surface area contributed by atoms with Gasteiger partial charge in [-0.2, -0.15) is 0 Å². The zero-order chi connectivity index (χ0) is 11.8. The van der Waals surface area contributed by atoms with Crippen LogP contribution in [0, 0.1) is 5.92 Å². The van der Waals surface area contributed by atoms with Crippen molar-refractivity contribution in [3.05, 3.63) is 24.3 Å². The standard InChI is InChI=1S/C13H16N2OS/c1-8-9(14)6-7-12(8)17-13-15-10-4-2-3-5-11(10)16-13/h2-5,8-9,12H,6-7,14H2,1H3. The maximum Gasteiger partial charge on any atom is 0.257 e. The van der Waals surface area contributed by atoms with Gasteiger partial charge in [0.25, 0.3) is 5.22 Å². The van der Waals surface area contributed by atoms with Crippen LogP contribution >= 0.6 is 11.8 Å². The summed E-state index contributed by atoms with van der Waals surface area (Å²) in [5, 5.41) is 1.32. The van der Waals surface area contributed by atoms with E-state index in [9.17, 15) is 0 Å². The first-order valence-electron chi connectivity index (χ1n) is 6.02. The molecule has 0 bridgehead atoms. The Morgan fingerprint density at radius 3 is 2.88 bits per heavy atom. The second-order valence-electron chi connectivity index (χ2n) is 4.70. The van der Waals surface area contributed by atoms with Crippen LogP contribution in [0.2, 0.25) is 0 Å². The highest BCUT2D eigenvalue weighted by atomic mass is 32.2. The van der Waals surface area contributed by atoms with Crippen LogP contribution in [0.5, 0.6) is 0 Å². The minimum absolute atomic E-state index is 0.330.